The molecule has 0 saturated carbocycles. The Kier molecular flexibility index (Phi) is 6.35. The van der Waals surface area contributed by atoms with Crippen molar-refractivity contribution in [3.05, 3.63) is 18.2 Å². The predicted octanol–water partition coefficient (Wildman–Crippen LogP) is 2.14. The number of rotatable bonds is 8. The molecule has 1 aromatic heterocycles. The van der Waals surface area contributed by atoms with Crippen LogP contribution in [0.1, 0.15) is 12.8 Å². The van der Waals surface area contributed by atoms with Crippen LogP contribution in [-0.4, -0.2) is 55.3 Å². The second kappa shape index (κ2) is 8.91. The first-order valence-electron chi connectivity index (χ1n) is 8.26. The second-order valence-corrected chi connectivity index (χ2v) is 6.60. The number of carbonyl (C=O) groups is 1. The number of nitrogens with zero attached hydrogens (tertiary/aromatic N) is 2. The molecule has 2 heterocycles. The Morgan fingerprint density at radius 2 is 2.15 bits per heavy atom. The number of ether oxygens (including phenoxy) is 3. The number of thioether (sulfide) groups is 1. The molecule has 26 heavy (non-hydrogen) atoms. The summed E-state index contributed by atoms with van der Waals surface area (Å²) in [6.45, 7) is 1.32. The molecular formula is C17H21N3O5S. The highest BCUT2D eigenvalue weighted by atomic mass is 32.2. The maximum atomic E-state index is 11.9. The van der Waals surface area contributed by atoms with Crippen molar-refractivity contribution < 1.29 is 23.4 Å². The molecule has 1 amide bonds. The maximum Gasteiger partial charge on any atom is 0.277 e. The summed E-state index contributed by atoms with van der Waals surface area (Å²) in [5, 5.41) is 11.2. The number of carbonyl (C=O) groups excluding carboxylic acids is 1. The molecule has 8 nitrogen and oxygen atoms in total. The lowest BCUT2D eigenvalue weighted by Crippen LogP contribution is -2.32. The van der Waals surface area contributed by atoms with Crippen LogP contribution in [0.4, 0.5) is 0 Å². The Morgan fingerprint density at radius 1 is 1.31 bits per heavy atom. The van der Waals surface area contributed by atoms with E-state index in [1.54, 1.807) is 32.4 Å². The molecule has 1 aliphatic rings. The molecule has 140 valence electrons. The van der Waals surface area contributed by atoms with Crippen LogP contribution in [0.2, 0.25) is 0 Å². The van der Waals surface area contributed by atoms with Crippen molar-refractivity contribution in [2.45, 2.75) is 24.2 Å². The van der Waals surface area contributed by atoms with Crippen LogP contribution in [0, 0.1) is 0 Å². The fraction of sp³-hybridized carbons (Fsp3) is 0.471. The minimum atomic E-state index is -0.0867. The van der Waals surface area contributed by atoms with Crippen LogP contribution in [0.5, 0.6) is 11.5 Å². The van der Waals surface area contributed by atoms with Crippen molar-refractivity contribution in [1.29, 1.82) is 0 Å². The number of amides is 1. The zero-order valence-corrected chi connectivity index (χ0v) is 15.5. The molecule has 1 aromatic carbocycles. The molecule has 1 aliphatic heterocycles. The van der Waals surface area contributed by atoms with E-state index >= 15 is 0 Å². The van der Waals surface area contributed by atoms with Crippen molar-refractivity contribution in [3.63, 3.8) is 0 Å². The molecule has 1 unspecified atom stereocenters. The first kappa shape index (κ1) is 18.5. The summed E-state index contributed by atoms with van der Waals surface area (Å²) in [5.41, 5.74) is 0.713. The van der Waals surface area contributed by atoms with E-state index in [0.29, 0.717) is 34.7 Å². The quantitative estimate of drug-likeness (QED) is 0.697. The number of hydrogen-bond acceptors (Lipinski definition) is 8. The summed E-state index contributed by atoms with van der Waals surface area (Å²) in [7, 11) is 3.13. The van der Waals surface area contributed by atoms with Gasteiger partial charge in [0.2, 0.25) is 11.8 Å². The molecule has 9 heteroatoms. The van der Waals surface area contributed by atoms with Gasteiger partial charge in [0.25, 0.3) is 5.22 Å². The van der Waals surface area contributed by atoms with Crippen molar-refractivity contribution in [3.8, 4) is 23.0 Å². The van der Waals surface area contributed by atoms with Crippen LogP contribution in [0.25, 0.3) is 11.5 Å². The smallest absolute Gasteiger partial charge is 0.277 e. The molecule has 1 fully saturated rings. The van der Waals surface area contributed by atoms with E-state index in [0.717, 1.165) is 19.4 Å². The summed E-state index contributed by atoms with van der Waals surface area (Å²) in [6, 6.07) is 5.33. The van der Waals surface area contributed by atoms with E-state index in [9.17, 15) is 4.79 Å². The van der Waals surface area contributed by atoms with E-state index in [1.165, 1.54) is 11.8 Å². The lowest BCUT2D eigenvalue weighted by atomic mass is 10.2. The van der Waals surface area contributed by atoms with Gasteiger partial charge in [0.05, 0.1) is 26.1 Å². The van der Waals surface area contributed by atoms with E-state index in [4.69, 9.17) is 18.6 Å². The average Bonchev–Trinajstić information content (AvgIpc) is 3.36. The Hall–Kier alpha value is -2.26. The van der Waals surface area contributed by atoms with Crippen molar-refractivity contribution in [2.24, 2.45) is 0 Å². The minimum absolute atomic E-state index is 0.0867. The number of hydrogen-bond donors (Lipinski definition) is 1. The molecule has 2 aromatic rings. The Balaban J connectivity index is 1.53. The van der Waals surface area contributed by atoms with Crippen LogP contribution < -0.4 is 14.8 Å². The van der Waals surface area contributed by atoms with Gasteiger partial charge in [0, 0.05) is 18.7 Å². The van der Waals surface area contributed by atoms with Gasteiger partial charge in [-0.25, -0.2) is 0 Å². The lowest BCUT2D eigenvalue weighted by molar-refractivity contribution is -0.119. The summed E-state index contributed by atoms with van der Waals surface area (Å²) in [6.07, 6.45) is 2.17. The highest BCUT2D eigenvalue weighted by Gasteiger charge is 2.17. The largest absolute Gasteiger partial charge is 0.493 e. The third-order valence-electron chi connectivity index (χ3n) is 3.91. The van der Waals surface area contributed by atoms with E-state index in [1.807, 2.05) is 0 Å². The Bertz CT molecular complexity index is 746. The number of aromatic nitrogens is 2. The summed E-state index contributed by atoms with van der Waals surface area (Å²) in [4.78, 5) is 11.9. The monoisotopic (exact) mass is 379 g/mol. The van der Waals surface area contributed by atoms with E-state index < -0.39 is 0 Å². The van der Waals surface area contributed by atoms with Gasteiger partial charge >= 0.3 is 0 Å². The summed E-state index contributed by atoms with van der Waals surface area (Å²) >= 11 is 1.20. The van der Waals surface area contributed by atoms with Crippen molar-refractivity contribution >= 4 is 17.7 Å². The molecule has 0 spiro atoms. The third-order valence-corrected chi connectivity index (χ3v) is 4.73. The van der Waals surface area contributed by atoms with Gasteiger partial charge in [0.1, 0.15) is 0 Å². The summed E-state index contributed by atoms with van der Waals surface area (Å²) < 4.78 is 21.6. The zero-order chi connectivity index (χ0) is 18.4. The van der Waals surface area contributed by atoms with E-state index in [2.05, 4.69) is 15.5 Å². The van der Waals surface area contributed by atoms with Crippen LogP contribution in [0.15, 0.2) is 27.8 Å². The standard InChI is InChI=1S/C17H21N3O5S/c1-22-13-6-5-11(8-14(13)23-2)16-19-20-17(25-16)26-10-15(21)18-9-12-4-3-7-24-12/h5-6,8,12H,3-4,7,9-10H2,1-2H3,(H,18,21). The molecule has 3 rings (SSSR count). The third kappa shape index (κ3) is 4.67. The number of benzene rings is 1. The predicted molar refractivity (Wildman–Crippen MR) is 95.5 cm³/mol. The second-order valence-electron chi connectivity index (χ2n) is 5.67. The van der Waals surface area contributed by atoms with Gasteiger partial charge < -0.3 is 23.9 Å². The average molecular weight is 379 g/mol. The molecule has 1 saturated heterocycles. The first-order valence-corrected chi connectivity index (χ1v) is 9.25. The first-order chi connectivity index (χ1) is 12.7. The lowest BCUT2D eigenvalue weighted by Gasteiger charge is -2.09. The van der Waals surface area contributed by atoms with Gasteiger partial charge in [-0.15, -0.1) is 10.2 Å². The van der Waals surface area contributed by atoms with Crippen LogP contribution in [-0.2, 0) is 9.53 Å². The van der Waals surface area contributed by atoms with Gasteiger partial charge in [-0.3, -0.25) is 4.79 Å². The molecule has 0 radical (unpaired) electrons. The van der Waals surface area contributed by atoms with Gasteiger partial charge in [0.15, 0.2) is 11.5 Å². The number of methoxy groups -OCH3 is 2. The summed E-state index contributed by atoms with van der Waals surface area (Å²) in [5.74, 6) is 1.67. The van der Waals surface area contributed by atoms with Crippen molar-refractivity contribution in [1.82, 2.24) is 15.5 Å². The highest BCUT2D eigenvalue weighted by molar-refractivity contribution is 7.99. The number of nitrogens with one attached hydrogen (secondary N) is 1. The van der Waals surface area contributed by atoms with Crippen LogP contribution in [0.3, 0.4) is 0 Å². The topological polar surface area (TPSA) is 95.7 Å². The zero-order valence-electron chi connectivity index (χ0n) is 14.7. The molecular weight excluding hydrogens is 358 g/mol. The molecule has 1 atom stereocenters. The molecule has 1 N–H and O–H groups in total. The maximum absolute atomic E-state index is 11.9. The Morgan fingerprint density at radius 3 is 2.88 bits per heavy atom. The van der Waals surface area contributed by atoms with Gasteiger partial charge in [-0.1, -0.05) is 11.8 Å². The van der Waals surface area contributed by atoms with Gasteiger partial charge in [-0.05, 0) is 31.0 Å². The van der Waals surface area contributed by atoms with E-state index in [-0.39, 0.29) is 17.8 Å². The van der Waals surface area contributed by atoms with Gasteiger partial charge in [-0.2, -0.15) is 0 Å². The fourth-order valence-electron chi connectivity index (χ4n) is 2.57. The minimum Gasteiger partial charge on any atom is -0.493 e. The Labute approximate surface area is 155 Å². The molecule has 0 bridgehead atoms. The highest BCUT2D eigenvalue weighted by Crippen LogP contribution is 2.32. The SMILES string of the molecule is COc1ccc(-c2nnc(SCC(=O)NCC3CCCO3)o2)cc1OC. The molecule has 0 aliphatic carbocycles. The fourth-order valence-corrected chi connectivity index (χ4v) is 3.16. The van der Waals surface area contributed by atoms with Crippen molar-refractivity contribution in [2.75, 3.05) is 33.1 Å². The van der Waals surface area contributed by atoms with Crippen LogP contribution >= 0.6 is 11.8 Å². The normalized spacial score (nSPS) is 16.5.